The van der Waals surface area contributed by atoms with Crippen LogP contribution >= 0.6 is 12.2 Å². The maximum absolute atomic E-state index is 13.5. The lowest BCUT2D eigenvalue weighted by atomic mass is 10.1. The van der Waals surface area contributed by atoms with Gasteiger partial charge in [-0.15, -0.1) is 30.6 Å². The molecule has 2 amide bonds. The Hall–Kier alpha value is -15.6. The number of anilines is 3. The number of ether oxygens (including phenoxy) is 7. The van der Waals surface area contributed by atoms with Crippen LogP contribution in [0.25, 0.3) is 39.9 Å². The molecule has 13 N–H and O–H groups in total. The van der Waals surface area contributed by atoms with Gasteiger partial charge in [-0.25, -0.2) is 21.9 Å². The van der Waals surface area contributed by atoms with Crippen molar-refractivity contribution in [1.29, 1.82) is 11.1 Å². The van der Waals surface area contributed by atoms with Crippen LogP contribution in [0.1, 0.15) is 57.7 Å². The molecule has 1 saturated carbocycles. The highest BCUT2D eigenvalue weighted by Crippen LogP contribution is 2.43. The monoisotopic (exact) mass is 1680 g/mol. The van der Waals surface area contributed by atoms with Gasteiger partial charge in [0.25, 0.3) is 18.3 Å². The maximum atomic E-state index is 13.5. The Morgan fingerprint density at radius 3 is 1.55 bits per heavy atom. The van der Waals surface area contributed by atoms with Gasteiger partial charge in [-0.2, -0.15) is 0 Å². The molecule has 4 aromatic heterocycles. The summed E-state index contributed by atoms with van der Waals surface area (Å²) in [6, 6.07) is 35.6. The summed E-state index contributed by atoms with van der Waals surface area (Å²) in [6.07, 6.45) is 11.3. The molecule has 1 aliphatic carbocycles. The van der Waals surface area contributed by atoms with E-state index >= 15 is 0 Å². The number of rotatable bonds is 9. The first-order valence-electron chi connectivity index (χ1n) is 36.7. The van der Waals surface area contributed by atoms with Crippen LogP contribution in [0.15, 0.2) is 164 Å². The molecule has 0 unspecified atom stereocenters. The number of amides is 2. The molecule has 19 rings (SSSR count). The number of nitrogens with two attached hydrogens (primary N) is 2. The first kappa shape index (κ1) is 86.3. The zero-order chi connectivity index (χ0) is 84.8. The zero-order valence-electron chi connectivity index (χ0n) is 63.9. The Balaban J connectivity index is 0.000000158. The summed E-state index contributed by atoms with van der Waals surface area (Å²) in [7, 11) is 0. The molecule has 630 valence electrons. The van der Waals surface area contributed by atoms with Gasteiger partial charge in [-0.1, -0.05) is 48.6 Å². The van der Waals surface area contributed by atoms with E-state index in [2.05, 4.69) is 73.0 Å². The fourth-order valence-electron chi connectivity index (χ4n) is 13.0. The number of carbonyl (C=O) groups excluding carboxylic acids is 2. The first-order chi connectivity index (χ1) is 58.4. The normalized spacial score (nSPS) is 14.3. The number of morpholine rings is 1. The van der Waals surface area contributed by atoms with Crippen LogP contribution in [0.2, 0.25) is 0 Å². The van der Waals surface area contributed by atoms with E-state index in [1.807, 2.05) is 79.2 Å². The smallest absolute Gasteiger partial charge is 0.311 e. The van der Waals surface area contributed by atoms with Crippen molar-refractivity contribution >= 4 is 81.1 Å². The summed E-state index contributed by atoms with van der Waals surface area (Å²) >= 11 is 5.08. The van der Waals surface area contributed by atoms with Crippen molar-refractivity contribution in [2.24, 2.45) is 10.8 Å². The van der Waals surface area contributed by atoms with E-state index in [0.717, 1.165) is 59.5 Å². The van der Waals surface area contributed by atoms with E-state index in [1.165, 1.54) is 49.2 Å². The molecule has 0 bridgehead atoms. The second-order valence-electron chi connectivity index (χ2n) is 25.9. The molecule has 0 radical (unpaired) electrons. The summed E-state index contributed by atoms with van der Waals surface area (Å²) in [5.41, 5.74) is 26.5. The van der Waals surface area contributed by atoms with Crippen molar-refractivity contribution in [2.45, 2.75) is 38.4 Å². The number of fused-ring (bicyclic) bond motifs is 12. The fraction of sp³-hybridized carbons (Fsp3) is 0.253. The molecule has 0 spiro atoms. The number of nitro benzene ring substituents is 4. The highest BCUT2D eigenvalue weighted by atomic mass is 32.1. The molecule has 45 nitrogen and oxygen atoms in total. The molecule has 8 aliphatic rings. The topological polar surface area (TPSA) is 614 Å². The number of hydrogen-bond donors (Lipinski definition) is 9. The number of hydrogen-bond acceptors (Lipinski definition) is 33. The zero-order valence-corrected chi connectivity index (χ0v) is 64.7. The van der Waals surface area contributed by atoms with E-state index in [9.17, 15) is 50.0 Å². The van der Waals surface area contributed by atoms with Gasteiger partial charge in [0.1, 0.15) is 69.4 Å². The van der Waals surface area contributed by atoms with E-state index in [4.69, 9.17) is 77.9 Å². The van der Waals surface area contributed by atoms with E-state index in [-0.39, 0.29) is 83.1 Å². The lowest BCUT2D eigenvalue weighted by Crippen LogP contribution is -2.36. The number of aliphatic imine (C=N–C) groups is 1. The molecule has 121 heavy (non-hydrogen) atoms. The first-order valence-corrected chi connectivity index (χ1v) is 37.1. The van der Waals surface area contributed by atoms with E-state index in [0.29, 0.717) is 147 Å². The Morgan fingerprint density at radius 2 is 1.01 bits per heavy atom. The molecule has 11 aromatic rings. The maximum Gasteiger partial charge on any atom is 0.311 e. The average Bonchev–Trinajstić information content (AvgIpc) is 0.927. The third-order valence-electron chi connectivity index (χ3n) is 18.6. The highest BCUT2D eigenvalue weighted by Gasteiger charge is 2.32. The number of nitrogens with one attached hydrogen (secondary N) is 6. The van der Waals surface area contributed by atoms with Gasteiger partial charge in [0.2, 0.25) is 23.0 Å². The largest absolute Gasteiger partial charge is 0.489 e. The van der Waals surface area contributed by atoms with Gasteiger partial charge in [0.15, 0.2) is 29.0 Å². The van der Waals surface area contributed by atoms with Gasteiger partial charge in [0.05, 0.1) is 134 Å². The van der Waals surface area contributed by atoms with E-state index in [1.54, 1.807) is 55.4 Å². The number of aromatic nitrogens is 11. The van der Waals surface area contributed by atoms with Gasteiger partial charge in [0, 0.05) is 63.0 Å². The van der Waals surface area contributed by atoms with Crippen molar-refractivity contribution < 1.29 is 79.2 Å². The van der Waals surface area contributed by atoms with Crippen LogP contribution in [0.5, 0.6) is 34.5 Å². The van der Waals surface area contributed by atoms with Gasteiger partial charge >= 0.3 is 22.7 Å². The molecule has 0 atom stereocenters. The highest BCUT2D eigenvalue weighted by molar-refractivity contribution is 7.80. The molecule has 11 heterocycles. The molecule has 7 aliphatic heterocycles. The molecule has 46 heteroatoms. The number of hydrazine groups is 1. The van der Waals surface area contributed by atoms with Crippen LogP contribution in [0.3, 0.4) is 0 Å². The van der Waals surface area contributed by atoms with Crippen LogP contribution < -0.4 is 66.3 Å². The number of para-hydroxylation sites is 6. The second-order valence-corrected chi connectivity index (χ2v) is 26.3. The number of carboxylic acid groups (broad SMARTS) is 1. The van der Waals surface area contributed by atoms with Crippen molar-refractivity contribution in [1.82, 2.24) is 69.9 Å². The molecule has 2 fully saturated rings. The van der Waals surface area contributed by atoms with Gasteiger partial charge in [-0.05, 0) is 79.6 Å². The van der Waals surface area contributed by atoms with Crippen LogP contribution in [-0.4, -0.2) is 199 Å². The Labute approximate surface area is 690 Å². The average molecular weight is 1680 g/mol. The number of thiocarbonyl (C=S) groups is 1. The van der Waals surface area contributed by atoms with E-state index < -0.39 is 19.7 Å². The number of nitrogens with zero attached hydrogens (tertiary/aromatic N) is 17. The molecular formula is C75H79N25O20S. The SMILES string of the molecule is N=N.NNC1=NCCOc2c1cccc2[N+](=O)[O-].Nc1cccc2c1OCCn1cnnc1-2.O.O=C(Nc1cccc2c1OCCn1cnnc1-2)c1ccc(N2CCOCC2)c(-n2cnc(C3CC3)c2)c1.O=C1NCCOc2c1cccc2[N+](=O)[O-].O=CO.O=[N+]([O-])c1cccc2c1OCCNC2=S.O=[N+]([O-])c1cccc2c1OCCn1cnnc1-2.[HH]. The van der Waals surface area contributed by atoms with Crippen molar-refractivity contribution in [3.8, 4) is 74.3 Å². The third kappa shape index (κ3) is 20.3. The predicted octanol–water partition coefficient (Wildman–Crippen LogP) is 7.54. The minimum Gasteiger partial charge on any atom is -0.489 e. The lowest BCUT2D eigenvalue weighted by Gasteiger charge is -2.30. The number of nitrogen functional groups attached to an aromatic ring is 1. The summed E-state index contributed by atoms with van der Waals surface area (Å²) in [5.74, 6) is 9.97. The number of amidine groups is 1. The number of benzene rings is 7. The Bertz CT molecular complexity index is 5560. The van der Waals surface area contributed by atoms with Crippen LogP contribution in [-0.2, 0) is 29.2 Å². The lowest BCUT2D eigenvalue weighted by molar-refractivity contribution is -0.386. The minimum atomic E-state index is -0.558. The Morgan fingerprint density at radius 1 is 0.562 bits per heavy atom. The minimum absolute atomic E-state index is 0. The van der Waals surface area contributed by atoms with Crippen LogP contribution in [0.4, 0.5) is 39.8 Å². The number of imidazole rings is 1. The third-order valence-corrected chi connectivity index (χ3v) is 19.0. The number of nitro groups is 4. The van der Waals surface area contributed by atoms with Crippen LogP contribution in [0, 0.1) is 51.5 Å². The van der Waals surface area contributed by atoms with Crippen molar-refractivity contribution in [3.63, 3.8) is 0 Å². The van der Waals surface area contributed by atoms with Crippen molar-refractivity contribution in [2.75, 3.05) is 102 Å². The summed E-state index contributed by atoms with van der Waals surface area (Å²) < 4.78 is 46.3. The van der Waals surface area contributed by atoms with Gasteiger partial charge < -0.3 is 94.0 Å². The predicted molar refractivity (Wildman–Crippen MR) is 437 cm³/mol. The van der Waals surface area contributed by atoms with Gasteiger partial charge in [-0.3, -0.25) is 59.8 Å². The molecule has 1 saturated heterocycles. The molecular weight excluding hydrogens is 1600 g/mol. The quantitative estimate of drug-likeness (QED) is 0.0128. The molecule has 7 aromatic carbocycles. The summed E-state index contributed by atoms with van der Waals surface area (Å²) in [6.45, 7) is 8.35. The standard InChI is InChI=1S/C27H27N7O3.C10H8N4O3.C10H10N4O.C9H10N4O3.C9H8N2O4.C9H8N2O3S.CH2O2.H2N2.H2O.H2/c35-27(30-21-3-1-2-20-25(21)37-13-10-33-17-29-31-26(20)33)19-6-7-23(32-8-11-36-12-9-32)24(14-19)34-15-22(28-16-34)18-4-5-18;15-14(16)8-3-1-2-7-9(8)17-5-4-13-6-11-12-10(7)13;11-8-3-1-2-7-9(8)15-5-4-14-6-12-13-10(7)14;10-12-9-6-2-1-3-7(13(14)15)8(6)16-5-4-11-9;12-9-6-2-1-3-7(11(13)14)8(6)15-5-4-10-9;12-11(13)7-3-1-2-6-8(7)14-5-4-10-9(6)15;2-1-3;1-2;;/h1-3,6-7,14-18H,4-5,8-13H2,(H,30,35);1-3,6H,4-5H2;1-3,6H,4-5,11H2;1-3H,4-5,10H2,(H,11,12);1-3H,4-5H2,(H,10,12);1-3H,4-5H2,(H,10,15);1H,(H,2,3);1-2H;1H2;1H. The van der Waals surface area contributed by atoms with Crippen molar-refractivity contribution in [3.05, 3.63) is 227 Å². The Kier molecular flexibility index (Phi) is 29.1. The summed E-state index contributed by atoms with van der Waals surface area (Å²) in [4.78, 5) is 86.1. The fourth-order valence-corrected chi connectivity index (χ4v) is 13.3. The summed E-state index contributed by atoms with van der Waals surface area (Å²) in [5, 5.41) is 82.7. The second kappa shape index (κ2) is 40.8. The number of carbonyl (C=O) groups is 3.